The van der Waals surface area contributed by atoms with Crippen LogP contribution in [0.2, 0.25) is 0 Å². The van der Waals surface area contributed by atoms with Crippen molar-refractivity contribution in [2.24, 2.45) is 11.8 Å². The Labute approximate surface area is 108 Å². The van der Waals surface area contributed by atoms with Gasteiger partial charge in [0.1, 0.15) is 0 Å². The molecule has 2 rings (SSSR count). The number of rotatable bonds is 4. The first kappa shape index (κ1) is 13.1. The first-order chi connectivity index (χ1) is 8.65. The lowest BCUT2D eigenvalue weighted by atomic mass is 9.94. The molecule has 0 aromatic rings. The van der Waals surface area contributed by atoms with Crippen LogP contribution in [0.1, 0.15) is 38.5 Å². The second-order valence-electron chi connectivity index (χ2n) is 5.42. The first-order valence-corrected chi connectivity index (χ1v) is 6.81. The molecule has 1 aliphatic carbocycles. The maximum Gasteiger partial charge on any atom is 0.303 e. The molecule has 0 saturated carbocycles. The average Bonchev–Trinajstić information content (AvgIpc) is 2.81. The Morgan fingerprint density at radius 2 is 2.11 bits per heavy atom. The molecule has 2 aliphatic rings. The summed E-state index contributed by atoms with van der Waals surface area (Å²) >= 11 is 0. The lowest BCUT2D eigenvalue weighted by Crippen LogP contribution is -2.41. The fourth-order valence-corrected chi connectivity index (χ4v) is 2.92. The number of carbonyl (C=O) groups is 2. The molecule has 1 amide bonds. The van der Waals surface area contributed by atoms with Crippen molar-refractivity contribution < 1.29 is 14.7 Å². The standard InChI is InChI=1S/C14H21NO3/c16-13(8-11-4-1-2-5-11)15-7-3-6-12(10-15)9-14(17)18/h1,4,11-12H,2-3,5-10H2,(H,17,18). The molecule has 2 atom stereocenters. The Morgan fingerprint density at radius 1 is 1.28 bits per heavy atom. The number of allylic oxidation sites excluding steroid dienone is 2. The van der Waals surface area contributed by atoms with Gasteiger partial charge in [-0.25, -0.2) is 0 Å². The number of aliphatic carboxylic acids is 1. The monoisotopic (exact) mass is 251 g/mol. The predicted octanol–water partition coefficient (Wildman–Crippen LogP) is 2.06. The second kappa shape index (κ2) is 6.03. The molecule has 100 valence electrons. The molecule has 4 heteroatoms. The lowest BCUT2D eigenvalue weighted by molar-refractivity contribution is -0.140. The zero-order chi connectivity index (χ0) is 13.0. The van der Waals surface area contributed by atoms with Crippen molar-refractivity contribution in [3.05, 3.63) is 12.2 Å². The highest BCUT2D eigenvalue weighted by Gasteiger charge is 2.26. The first-order valence-electron chi connectivity index (χ1n) is 6.81. The number of likely N-dealkylation sites (tertiary alicyclic amines) is 1. The predicted molar refractivity (Wildman–Crippen MR) is 68.0 cm³/mol. The summed E-state index contributed by atoms with van der Waals surface area (Å²) in [6, 6.07) is 0. The van der Waals surface area contributed by atoms with Crippen molar-refractivity contribution in [1.82, 2.24) is 4.90 Å². The third kappa shape index (κ3) is 3.59. The highest BCUT2D eigenvalue weighted by Crippen LogP contribution is 2.24. The average molecular weight is 251 g/mol. The van der Waals surface area contributed by atoms with Crippen LogP contribution in [0.3, 0.4) is 0 Å². The van der Waals surface area contributed by atoms with Gasteiger partial charge in [-0.1, -0.05) is 12.2 Å². The van der Waals surface area contributed by atoms with Crippen LogP contribution in [0, 0.1) is 11.8 Å². The van der Waals surface area contributed by atoms with E-state index in [-0.39, 0.29) is 18.2 Å². The summed E-state index contributed by atoms with van der Waals surface area (Å²) in [4.78, 5) is 24.7. The van der Waals surface area contributed by atoms with Crippen molar-refractivity contribution in [3.8, 4) is 0 Å². The molecule has 1 saturated heterocycles. The maximum atomic E-state index is 12.1. The molecule has 0 radical (unpaired) electrons. The number of carboxylic acids is 1. The molecule has 18 heavy (non-hydrogen) atoms. The van der Waals surface area contributed by atoms with Gasteiger partial charge in [-0.3, -0.25) is 9.59 Å². The Hall–Kier alpha value is -1.32. The van der Waals surface area contributed by atoms with Gasteiger partial charge in [0.05, 0.1) is 0 Å². The smallest absolute Gasteiger partial charge is 0.303 e. The van der Waals surface area contributed by atoms with E-state index in [1.54, 1.807) is 0 Å². The molecule has 2 unspecified atom stereocenters. The second-order valence-corrected chi connectivity index (χ2v) is 5.42. The van der Waals surface area contributed by atoms with E-state index in [1.165, 1.54) is 0 Å². The Morgan fingerprint density at radius 3 is 2.78 bits per heavy atom. The van der Waals surface area contributed by atoms with Crippen LogP contribution in [-0.2, 0) is 9.59 Å². The summed E-state index contributed by atoms with van der Waals surface area (Å²) in [6.45, 7) is 1.42. The van der Waals surface area contributed by atoms with Gasteiger partial charge in [0, 0.05) is 25.9 Å². The zero-order valence-corrected chi connectivity index (χ0v) is 10.7. The zero-order valence-electron chi connectivity index (χ0n) is 10.7. The van der Waals surface area contributed by atoms with Gasteiger partial charge >= 0.3 is 5.97 Å². The highest BCUT2D eigenvalue weighted by molar-refractivity contribution is 5.77. The summed E-state index contributed by atoms with van der Waals surface area (Å²) in [5.74, 6) is -0.0219. The van der Waals surface area contributed by atoms with Crippen molar-refractivity contribution >= 4 is 11.9 Å². The Bertz CT molecular complexity index is 351. The van der Waals surface area contributed by atoms with Crippen LogP contribution in [0.5, 0.6) is 0 Å². The van der Waals surface area contributed by atoms with Crippen LogP contribution in [0.25, 0.3) is 0 Å². The van der Waals surface area contributed by atoms with Crippen molar-refractivity contribution in [3.63, 3.8) is 0 Å². The largest absolute Gasteiger partial charge is 0.481 e. The molecule has 0 aromatic carbocycles. The summed E-state index contributed by atoms with van der Waals surface area (Å²) in [6.07, 6.45) is 9.09. The van der Waals surface area contributed by atoms with E-state index in [0.717, 1.165) is 32.2 Å². The molecule has 4 nitrogen and oxygen atoms in total. The molecule has 1 aliphatic heterocycles. The van der Waals surface area contributed by atoms with E-state index in [0.29, 0.717) is 18.9 Å². The van der Waals surface area contributed by atoms with Gasteiger partial charge in [-0.15, -0.1) is 0 Å². The SMILES string of the molecule is O=C(O)CC1CCCN(C(=O)CC2C=CCC2)C1. The molecule has 1 fully saturated rings. The minimum atomic E-state index is -0.756. The van der Waals surface area contributed by atoms with Gasteiger partial charge in [-0.2, -0.15) is 0 Å². The van der Waals surface area contributed by atoms with E-state index in [1.807, 2.05) is 4.90 Å². The number of carbonyl (C=O) groups excluding carboxylic acids is 1. The summed E-state index contributed by atoms with van der Waals surface area (Å²) < 4.78 is 0. The van der Waals surface area contributed by atoms with E-state index >= 15 is 0 Å². The van der Waals surface area contributed by atoms with Crippen LogP contribution in [0.15, 0.2) is 12.2 Å². The van der Waals surface area contributed by atoms with Crippen LogP contribution in [0.4, 0.5) is 0 Å². The molecule has 1 heterocycles. The fourth-order valence-electron chi connectivity index (χ4n) is 2.92. The minimum absolute atomic E-state index is 0.138. The van der Waals surface area contributed by atoms with Gasteiger partial charge < -0.3 is 10.0 Å². The lowest BCUT2D eigenvalue weighted by Gasteiger charge is -2.32. The van der Waals surface area contributed by atoms with Gasteiger partial charge in [0.25, 0.3) is 0 Å². The Kier molecular flexibility index (Phi) is 4.39. The molecule has 1 N–H and O–H groups in total. The topological polar surface area (TPSA) is 57.6 Å². The quantitative estimate of drug-likeness (QED) is 0.778. The number of hydrogen-bond acceptors (Lipinski definition) is 2. The molecule has 0 aromatic heterocycles. The summed E-state index contributed by atoms with van der Waals surface area (Å²) in [5, 5.41) is 8.81. The normalized spacial score (nSPS) is 27.4. The van der Waals surface area contributed by atoms with Crippen LogP contribution >= 0.6 is 0 Å². The highest BCUT2D eigenvalue weighted by atomic mass is 16.4. The summed E-state index contributed by atoms with van der Waals surface area (Å²) in [5.41, 5.74) is 0. The number of piperidine rings is 1. The van der Waals surface area contributed by atoms with Crippen molar-refractivity contribution in [2.45, 2.75) is 38.5 Å². The van der Waals surface area contributed by atoms with Gasteiger partial charge in [-0.05, 0) is 37.5 Å². The van der Waals surface area contributed by atoms with E-state index in [2.05, 4.69) is 12.2 Å². The van der Waals surface area contributed by atoms with Crippen LogP contribution < -0.4 is 0 Å². The molecular weight excluding hydrogens is 230 g/mol. The van der Waals surface area contributed by atoms with Crippen molar-refractivity contribution in [2.75, 3.05) is 13.1 Å². The number of carboxylic acid groups (broad SMARTS) is 1. The van der Waals surface area contributed by atoms with Crippen LogP contribution in [-0.4, -0.2) is 35.0 Å². The number of hydrogen-bond donors (Lipinski definition) is 1. The third-order valence-electron chi connectivity index (χ3n) is 3.88. The summed E-state index contributed by atoms with van der Waals surface area (Å²) in [7, 11) is 0. The van der Waals surface area contributed by atoms with E-state index < -0.39 is 5.97 Å². The van der Waals surface area contributed by atoms with Crippen molar-refractivity contribution in [1.29, 1.82) is 0 Å². The van der Waals surface area contributed by atoms with E-state index in [9.17, 15) is 9.59 Å². The Balaban J connectivity index is 1.81. The van der Waals surface area contributed by atoms with E-state index in [4.69, 9.17) is 5.11 Å². The molecule has 0 bridgehead atoms. The number of amides is 1. The molecule has 0 spiro atoms. The third-order valence-corrected chi connectivity index (χ3v) is 3.88. The molecular formula is C14H21NO3. The van der Waals surface area contributed by atoms with Gasteiger partial charge in [0.15, 0.2) is 0 Å². The number of nitrogens with zero attached hydrogens (tertiary/aromatic N) is 1. The fraction of sp³-hybridized carbons (Fsp3) is 0.714. The maximum absolute atomic E-state index is 12.1. The van der Waals surface area contributed by atoms with Gasteiger partial charge in [0.2, 0.25) is 5.91 Å². The minimum Gasteiger partial charge on any atom is -0.481 e.